The predicted octanol–water partition coefficient (Wildman–Crippen LogP) is 7.02. The molecule has 3 aliphatic rings. The first-order chi connectivity index (χ1) is 27.1. The number of carbonyl (C=O) groups excluding carboxylic acids is 3. The highest BCUT2D eigenvalue weighted by atomic mass is 127. The largest absolute Gasteiger partial charge is 0.748 e. The number of amides is 2. The fourth-order valence-corrected chi connectivity index (χ4v) is 11.4. The van der Waals surface area contributed by atoms with E-state index in [0.717, 1.165) is 11.4 Å². The molecule has 0 N–H and O–H groups in total. The lowest BCUT2D eigenvalue weighted by molar-refractivity contribution is -0.401. The fraction of sp³-hybridized carbons (Fsp3) is 0.415. The smallest absolute Gasteiger partial charge is 0.333 e. The molecular formula is C41H46I2N3O10S2-. The van der Waals surface area contributed by atoms with Crippen LogP contribution in [0.2, 0.25) is 0 Å². The quantitative estimate of drug-likeness (QED) is 0.0396. The first-order valence-electron chi connectivity index (χ1n) is 18.9. The number of hydrogen-bond acceptors (Lipinski definition) is 11. The van der Waals surface area contributed by atoms with Crippen LogP contribution in [0.3, 0.4) is 0 Å². The number of benzene rings is 2. The number of rotatable bonds is 17. The summed E-state index contributed by atoms with van der Waals surface area (Å²) in [6.45, 7) is 6.78. The Morgan fingerprint density at radius 2 is 1.57 bits per heavy atom. The third-order valence-electron chi connectivity index (χ3n) is 10.8. The number of fused-ring (bicyclic) bond motifs is 2. The van der Waals surface area contributed by atoms with E-state index in [0.29, 0.717) is 55.0 Å². The number of carbonyl (C=O) groups is 3. The van der Waals surface area contributed by atoms with E-state index in [1.807, 2.05) is 48.3 Å². The molecule has 2 amide bonds. The van der Waals surface area contributed by atoms with Crippen molar-refractivity contribution in [3.63, 3.8) is 0 Å². The van der Waals surface area contributed by atoms with Crippen LogP contribution in [-0.4, -0.2) is 78.4 Å². The van der Waals surface area contributed by atoms with Gasteiger partial charge in [-0.05, 0) is 128 Å². The molecule has 58 heavy (non-hydrogen) atoms. The number of hydroxylamine groups is 2. The molecule has 1 atom stereocenters. The summed E-state index contributed by atoms with van der Waals surface area (Å²) in [5.74, 6) is -2.32. The Balaban J connectivity index is 1.37. The molecule has 5 rings (SSSR count). The lowest BCUT2D eigenvalue weighted by Gasteiger charge is -2.31. The van der Waals surface area contributed by atoms with E-state index >= 15 is 0 Å². The average Bonchev–Trinajstić information content (AvgIpc) is 3.64. The van der Waals surface area contributed by atoms with Crippen molar-refractivity contribution in [1.29, 1.82) is 0 Å². The molecule has 0 spiro atoms. The monoisotopic (exact) mass is 1060 g/mol. The standard InChI is InChI=1S/C41H47I2N3O10S2/c1-40(2)34(44(4)33-26-28(42)25-31(43)39(33)40)15-9-6-5-7-10-16-35-41(3,22-12-14-24-57(50,51)52)30-27-29(58(53,54)55)18-19-32(30)45(35)23-13-8-11-17-38(49)56-46-36(47)20-21-37(46)48/h5-7,9-10,15-16,18-19,25-27H,8,11-14,17,20-24H2,1-4H3,(H-,50,51,52,53,54,55)/p-1. The lowest BCUT2D eigenvalue weighted by Crippen LogP contribution is -2.32. The molecule has 0 radical (unpaired) electrons. The zero-order valence-electron chi connectivity index (χ0n) is 32.7. The minimum absolute atomic E-state index is 0.00533. The van der Waals surface area contributed by atoms with Crippen LogP contribution < -0.4 is 4.90 Å². The summed E-state index contributed by atoms with van der Waals surface area (Å²) in [4.78, 5) is 42.6. The number of halogens is 2. The van der Waals surface area contributed by atoms with Gasteiger partial charge in [0.1, 0.15) is 17.2 Å². The molecule has 2 aromatic rings. The number of hydrogen-bond donors (Lipinski definition) is 0. The molecule has 1 fully saturated rings. The molecule has 2 aromatic carbocycles. The second kappa shape index (κ2) is 18.6. The van der Waals surface area contributed by atoms with Crippen molar-refractivity contribution in [2.24, 2.45) is 0 Å². The highest BCUT2D eigenvalue weighted by Gasteiger charge is 2.45. The molecule has 0 bridgehead atoms. The summed E-state index contributed by atoms with van der Waals surface area (Å²) in [6, 6.07) is 8.61. The maximum atomic E-state index is 12.4. The summed E-state index contributed by atoms with van der Waals surface area (Å²) in [7, 11) is -7.17. The Bertz CT molecular complexity index is 2350. The van der Waals surface area contributed by atoms with Gasteiger partial charge in [-0.2, -0.15) is 4.58 Å². The van der Waals surface area contributed by atoms with E-state index < -0.39 is 49.2 Å². The van der Waals surface area contributed by atoms with E-state index in [2.05, 4.69) is 88.9 Å². The minimum atomic E-state index is -4.80. The predicted molar refractivity (Wildman–Crippen MR) is 234 cm³/mol. The lowest BCUT2D eigenvalue weighted by atomic mass is 9.77. The number of anilines is 1. The molecule has 0 saturated carbocycles. The maximum absolute atomic E-state index is 12.4. The normalized spacial score (nSPS) is 20.2. The Hall–Kier alpha value is -3.24. The third-order valence-corrected chi connectivity index (χ3v) is 13.8. The molecule has 13 nitrogen and oxygen atoms in total. The van der Waals surface area contributed by atoms with Gasteiger partial charge in [0.05, 0.1) is 26.0 Å². The fourth-order valence-electron chi connectivity index (χ4n) is 7.90. The van der Waals surface area contributed by atoms with E-state index in [4.69, 9.17) is 4.84 Å². The molecule has 0 aromatic heterocycles. The van der Waals surface area contributed by atoms with Crippen LogP contribution in [0.25, 0.3) is 0 Å². The second-order valence-corrected chi connectivity index (χ2v) is 20.5. The topological polar surface area (TPSA) is 184 Å². The molecular weight excluding hydrogens is 1010 g/mol. The van der Waals surface area contributed by atoms with Gasteiger partial charge >= 0.3 is 5.97 Å². The third kappa shape index (κ3) is 10.5. The summed E-state index contributed by atoms with van der Waals surface area (Å²) >= 11 is 4.74. The van der Waals surface area contributed by atoms with Crippen molar-refractivity contribution < 1.29 is 49.7 Å². The number of allylic oxidation sites excluding steroid dienone is 8. The molecule has 1 unspecified atom stereocenters. The molecule has 3 heterocycles. The first-order valence-corrected chi connectivity index (χ1v) is 24.0. The summed E-state index contributed by atoms with van der Waals surface area (Å²) in [6.07, 6.45) is 15.9. The molecule has 0 aliphatic carbocycles. The van der Waals surface area contributed by atoms with Crippen molar-refractivity contribution in [2.75, 3.05) is 24.2 Å². The Labute approximate surface area is 367 Å². The zero-order valence-corrected chi connectivity index (χ0v) is 38.7. The van der Waals surface area contributed by atoms with Crippen molar-refractivity contribution in [3.8, 4) is 0 Å². The van der Waals surface area contributed by atoms with Gasteiger partial charge in [0, 0.05) is 67.6 Å². The average molecular weight is 1060 g/mol. The highest BCUT2D eigenvalue weighted by molar-refractivity contribution is 14.1. The number of nitrogens with zero attached hydrogens (tertiary/aromatic N) is 3. The van der Waals surface area contributed by atoms with Crippen LogP contribution in [0, 0.1) is 7.14 Å². The van der Waals surface area contributed by atoms with Gasteiger partial charge in [-0.25, -0.2) is 21.6 Å². The van der Waals surface area contributed by atoms with Crippen molar-refractivity contribution in [2.45, 2.75) is 94.3 Å². The Morgan fingerprint density at radius 1 is 0.897 bits per heavy atom. The molecule has 1 saturated heterocycles. The van der Waals surface area contributed by atoms with Crippen molar-refractivity contribution in [1.82, 2.24) is 5.06 Å². The molecule has 312 valence electrons. The van der Waals surface area contributed by atoms with E-state index in [1.165, 1.54) is 30.5 Å². The van der Waals surface area contributed by atoms with Gasteiger partial charge in [0.25, 0.3) is 11.8 Å². The van der Waals surface area contributed by atoms with Crippen LogP contribution in [0.4, 0.5) is 11.4 Å². The summed E-state index contributed by atoms with van der Waals surface area (Å²) in [5, 5.41) is 0.525. The SMILES string of the molecule is C[N+]1=C(/C=C/C=C/C=C/C=C2\N(CCCCCC(=O)ON3C(=O)CCC3=O)c3ccc(S(=O)(=O)[O-])cc3C2(C)CCCCS(=O)(=O)[O-])C(C)(C)c2c(I)cc(I)cc21. The van der Waals surface area contributed by atoms with Crippen LogP contribution in [0.1, 0.15) is 89.7 Å². The van der Waals surface area contributed by atoms with Crippen molar-refractivity contribution in [3.05, 3.63) is 96.8 Å². The maximum Gasteiger partial charge on any atom is 0.333 e. The van der Waals surface area contributed by atoms with Crippen LogP contribution in [0.5, 0.6) is 0 Å². The molecule has 17 heteroatoms. The van der Waals surface area contributed by atoms with Gasteiger partial charge in [0.15, 0.2) is 5.71 Å². The van der Waals surface area contributed by atoms with Crippen LogP contribution >= 0.6 is 45.2 Å². The summed E-state index contributed by atoms with van der Waals surface area (Å²) < 4.78 is 75.2. The zero-order chi connectivity index (χ0) is 42.6. The minimum Gasteiger partial charge on any atom is -0.748 e. The Morgan fingerprint density at radius 3 is 2.24 bits per heavy atom. The number of unbranched alkanes of at least 4 members (excludes halogenated alkanes) is 3. The van der Waals surface area contributed by atoms with Crippen LogP contribution in [0.15, 0.2) is 83.5 Å². The highest BCUT2D eigenvalue weighted by Crippen LogP contribution is 2.51. The van der Waals surface area contributed by atoms with E-state index in [-0.39, 0.29) is 36.0 Å². The van der Waals surface area contributed by atoms with Gasteiger partial charge in [0.2, 0.25) is 5.69 Å². The molecule has 3 aliphatic heterocycles. The van der Waals surface area contributed by atoms with Crippen molar-refractivity contribution >= 4 is 100 Å². The summed E-state index contributed by atoms with van der Waals surface area (Å²) in [5.41, 5.74) is 4.63. The van der Waals surface area contributed by atoms with Gasteiger partial charge in [-0.15, -0.1) is 5.06 Å². The Kier molecular flexibility index (Phi) is 14.7. The first kappa shape index (κ1) is 45.8. The van der Waals surface area contributed by atoms with Gasteiger partial charge < -0.3 is 18.8 Å². The second-order valence-electron chi connectivity index (χ2n) is 15.2. The van der Waals surface area contributed by atoms with E-state index in [1.54, 1.807) is 6.07 Å². The van der Waals surface area contributed by atoms with Crippen LogP contribution in [-0.2, 0) is 50.3 Å². The van der Waals surface area contributed by atoms with E-state index in [9.17, 15) is 40.3 Å². The van der Waals surface area contributed by atoms with Gasteiger partial charge in [-0.1, -0.05) is 43.2 Å². The van der Waals surface area contributed by atoms with Gasteiger partial charge in [-0.3, -0.25) is 9.59 Å². The number of imide groups is 1.